The molecule has 1 aromatic carbocycles. The molecule has 2 rings (SSSR count). The zero-order valence-corrected chi connectivity index (χ0v) is 8.41. The fourth-order valence-corrected chi connectivity index (χ4v) is 1.81. The molecule has 1 aromatic heterocycles. The van der Waals surface area contributed by atoms with Crippen LogP contribution in [-0.4, -0.2) is 21.8 Å². The fraction of sp³-hybridized carbons (Fsp3) is 0. The van der Waals surface area contributed by atoms with Gasteiger partial charge in [-0.25, -0.2) is 0 Å². The molecule has 0 spiro atoms. The van der Waals surface area contributed by atoms with Gasteiger partial charge in [-0.05, 0) is 0 Å². The van der Waals surface area contributed by atoms with E-state index in [0.717, 1.165) is 5.52 Å². The molecule has 0 amide bonds. The number of aromatic nitrogens is 1. The molecule has 1 atom stereocenters. The summed E-state index contributed by atoms with van der Waals surface area (Å²) >= 11 is 1.65. The molecule has 0 saturated carbocycles. The third-order valence-electron chi connectivity index (χ3n) is 1.68. The van der Waals surface area contributed by atoms with E-state index in [0.29, 0.717) is 0 Å². The molecular formula is C9H8AsN. The number of rotatable bonds is 0. The zero-order chi connectivity index (χ0) is 7.68. The maximum absolute atomic E-state index is 4.25. The van der Waals surface area contributed by atoms with Gasteiger partial charge in [0.15, 0.2) is 0 Å². The van der Waals surface area contributed by atoms with E-state index in [1.807, 2.05) is 24.4 Å². The number of pyridine rings is 1. The summed E-state index contributed by atoms with van der Waals surface area (Å²) in [6.07, 6.45) is 1.86. The van der Waals surface area contributed by atoms with Gasteiger partial charge >= 0.3 is 73.6 Å². The normalized spacial score (nSPS) is 10.3. The second kappa shape index (κ2) is 2.67. The summed E-state index contributed by atoms with van der Waals surface area (Å²) in [6, 6.07) is 10.3. The summed E-state index contributed by atoms with van der Waals surface area (Å²) in [6.45, 7) is 0. The second-order valence-electron chi connectivity index (χ2n) is 2.42. The molecule has 0 aliphatic rings. The van der Waals surface area contributed by atoms with Gasteiger partial charge in [-0.15, -0.1) is 0 Å². The van der Waals surface area contributed by atoms with Crippen molar-refractivity contribution in [1.82, 2.24) is 4.98 Å². The summed E-state index contributed by atoms with van der Waals surface area (Å²) in [4.78, 5) is 4.25. The molecule has 0 saturated heterocycles. The molecule has 1 heterocycles. The Kier molecular flexibility index (Phi) is 1.67. The number of nitrogens with zero attached hydrogens (tertiary/aromatic N) is 1. The van der Waals surface area contributed by atoms with Crippen molar-refractivity contribution >= 4 is 32.1 Å². The molecule has 0 fully saturated rings. The molecule has 11 heavy (non-hydrogen) atoms. The van der Waals surface area contributed by atoms with Crippen molar-refractivity contribution in [2.75, 3.05) is 0 Å². The number of benzene rings is 1. The Morgan fingerprint density at radius 3 is 2.73 bits per heavy atom. The third kappa shape index (κ3) is 1.16. The third-order valence-corrected chi connectivity index (χ3v) is 2.74. The van der Waals surface area contributed by atoms with Crippen molar-refractivity contribution in [2.24, 2.45) is 0 Å². The van der Waals surface area contributed by atoms with E-state index in [1.165, 1.54) is 9.74 Å². The molecule has 0 N–H and O–H groups in total. The molecular weight excluding hydrogens is 197 g/mol. The maximum atomic E-state index is 4.25. The Balaban J connectivity index is 2.91. The van der Waals surface area contributed by atoms with Gasteiger partial charge in [0, 0.05) is 0 Å². The molecule has 2 aromatic rings. The van der Waals surface area contributed by atoms with E-state index in [2.05, 4.69) is 17.1 Å². The van der Waals surface area contributed by atoms with Crippen LogP contribution in [0, 0.1) is 0 Å². The van der Waals surface area contributed by atoms with Gasteiger partial charge < -0.3 is 0 Å². The average molecular weight is 205 g/mol. The van der Waals surface area contributed by atoms with Crippen LogP contribution in [0.2, 0.25) is 0 Å². The van der Waals surface area contributed by atoms with E-state index < -0.39 is 0 Å². The first-order chi connectivity index (χ1) is 5.38. The molecule has 0 bridgehead atoms. The van der Waals surface area contributed by atoms with E-state index in [-0.39, 0.29) is 0 Å². The Bertz CT molecular complexity index is 379. The van der Waals surface area contributed by atoms with E-state index in [1.54, 1.807) is 16.9 Å². The van der Waals surface area contributed by atoms with E-state index in [9.17, 15) is 0 Å². The minimum absolute atomic E-state index is 1.09. The van der Waals surface area contributed by atoms with Crippen molar-refractivity contribution in [2.45, 2.75) is 0 Å². The molecule has 1 unspecified atom stereocenters. The van der Waals surface area contributed by atoms with Crippen LogP contribution in [0.5, 0.6) is 0 Å². The summed E-state index contributed by atoms with van der Waals surface area (Å²) in [5.41, 5.74) is 1.09. The van der Waals surface area contributed by atoms with Gasteiger partial charge in [-0.3, -0.25) is 0 Å². The predicted octanol–water partition coefficient (Wildman–Crippen LogP) is 0.493. The molecule has 0 radical (unpaired) electrons. The predicted molar refractivity (Wildman–Crippen MR) is 49.9 cm³/mol. The number of hydrogen-bond donors (Lipinski definition) is 0. The van der Waals surface area contributed by atoms with Gasteiger partial charge in [-0.1, -0.05) is 0 Å². The Morgan fingerprint density at radius 2 is 1.91 bits per heavy atom. The van der Waals surface area contributed by atoms with Crippen LogP contribution in [0.1, 0.15) is 0 Å². The van der Waals surface area contributed by atoms with Crippen LogP contribution < -0.4 is 4.35 Å². The Hall–Kier alpha value is -0.812. The van der Waals surface area contributed by atoms with Gasteiger partial charge in [-0.2, -0.15) is 0 Å². The summed E-state index contributed by atoms with van der Waals surface area (Å²) < 4.78 is 1.35. The number of fused-ring (bicyclic) bond motifs is 1. The van der Waals surface area contributed by atoms with Crippen LogP contribution in [0.4, 0.5) is 0 Å². The van der Waals surface area contributed by atoms with Crippen LogP contribution in [0.25, 0.3) is 10.9 Å². The quantitative estimate of drug-likeness (QED) is 0.570. The first kappa shape index (κ1) is 6.87. The van der Waals surface area contributed by atoms with Gasteiger partial charge in [0.2, 0.25) is 0 Å². The standard InChI is InChI=1S/C9H8AsN/c10-8-5-6-11-9-4-2-1-3-7(8)9/h1-6H,10H2. The van der Waals surface area contributed by atoms with Gasteiger partial charge in [0.1, 0.15) is 0 Å². The molecule has 0 aliphatic heterocycles. The van der Waals surface area contributed by atoms with Crippen molar-refractivity contribution in [3.05, 3.63) is 36.5 Å². The molecule has 54 valence electrons. The first-order valence-electron chi connectivity index (χ1n) is 3.47. The Labute approximate surface area is 74.0 Å². The van der Waals surface area contributed by atoms with Crippen molar-refractivity contribution in [3.63, 3.8) is 0 Å². The molecule has 0 aliphatic carbocycles. The van der Waals surface area contributed by atoms with Crippen molar-refractivity contribution < 1.29 is 0 Å². The van der Waals surface area contributed by atoms with Crippen LogP contribution in [0.15, 0.2) is 36.5 Å². The first-order valence-corrected chi connectivity index (χ1v) is 4.68. The van der Waals surface area contributed by atoms with Crippen molar-refractivity contribution in [3.8, 4) is 0 Å². The molecule has 2 heteroatoms. The van der Waals surface area contributed by atoms with Gasteiger partial charge in [0.05, 0.1) is 0 Å². The monoisotopic (exact) mass is 205 g/mol. The summed E-state index contributed by atoms with van der Waals surface area (Å²) in [5.74, 6) is 0. The summed E-state index contributed by atoms with van der Waals surface area (Å²) in [7, 11) is 0. The second-order valence-corrected chi connectivity index (χ2v) is 3.72. The van der Waals surface area contributed by atoms with E-state index >= 15 is 0 Å². The summed E-state index contributed by atoms with van der Waals surface area (Å²) in [5, 5.41) is 1.27. The average Bonchev–Trinajstić information content (AvgIpc) is 2.06. The van der Waals surface area contributed by atoms with Crippen LogP contribution >= 0.6 is 0 Å². The minimum atomic E-state index is 1.09. The topological polar surface area (TPSA) is 12.9 Å². The fourth-order valence-electron chi connectivity index (χ4n) is 1.12. The Morgan fingerprint density at radius 1 is 1.09 bits per heavy atom. The van der Waals surface area contributed by atoms with Crippen LogP contribution in [-0.2, 0) is 0 Å². The number of para-hydroxylation sites is 1. The SMILES string of the molecule is [AsH2]c1ccnc2ccccc12. The van der Waals surface area contributed by atoms with Gasteiger partial charge in [0.25, 0.3) is 0 Å². The van der Waals surface area contributed by atoms with Crippen LogP contribution in [0.3, 0.4) is 0 Å². The van der Waals surface area contributed by atoms with Crippen molar-refractivity contribution in [1.29, 1.82) is 0 Å². The van der Waals surface area contributed by atoms with E-state index in [4.69, 9.17) is 0 Å². The molecule has 1 nitrogen and oxygen atoms in total. The zero-order valence-electron chi connectivity index (χ0n) is 5.99. The number of hydrogen-bond acceptors (Lipinski definition) is 1.